The summed E-state index contributed by atoms with van der Waals surface area (Å²) in [6, 6.07) is 7.30. The molecule has 0 amide bonds. The van der Waals surface area contributed by atoms with Crippen molar-refractivity contribution >= 4 is 22.8 Å². The summed E-state index contributed by atoms with van der Waals surface area (Å²) in [5.41, 5.74) is 0. The van der Waals surface area contributed by atoms with Crippen LogP contribution in [-0.4, -0.2) is 56.3 Å². The Balaban J connectivity index is 0.000000236. The highest BCUT2D eigenvalue weighted by Gasteiger charge is 2.15. The highest BCUT2D eigenvalue weighted by molar-refractivity contribution is 8.93. The highest BCUT2D eigenvalue weighted by Crippen LogP contribution is 2.11. The van der Waals surface area contributed by atoms with Gasteiger partial charge in [0.1, 0.15) is 5.82 Å². The van der Waals surface area contributed by atoms with Crippen molar-refractivity contribution in [3.05, 3.63) is 24.4 Å². The molecule has 1 aromatic heterocycles. The number of piperazine rings is 2. The van der Waals surface area contributed by atoms with Gasteiger partial charge in [-0.05, 0) is 26.0 Å². The summed E-state index contributed by atoms with van der Waals surface area (Å²) >= 11 is 0. The Labute approximate surface area is 138 Å². The number of hydrogen-bond acceptors (Lipinski definition) is 5. The third kappa shape index (κ3) is 6.74. The normalized spacial score (nSPS) is 25.3. The first-order valence-corrected chi connectivity index (χ1v) is 7.59. The molecule has 21 heavy (non-hydrogen) atoms. The molecule has 2 atom stereocenters. The molecule has 2 aliphatic heterocycles. The minimum Gasteiger partial charge on any atom is -0.354 e. The van der Waals surface area contributed by atoms with Crippen LogP contribution in [-0.2, 0) is 0 Å². The molecule has 0 bridgehead atoms. The molecule has 2 fully saturated rings. The standard InChI is InChI=1S/C10H15N3.C5H12N2.BrH/c1-9-8-13(7-6-11-9)10-4-2-3-5-12-10;1-5-4-6-2-3-7-5;/h2-5,9,11H,6-8H2,1H3;5-7H,2-4H2,1H3;1H. The van der Waals surface area contributed by atoms with Crippen molar-refractivity contribution in [2.24, 2.45) is 0 Å². The molecule has 6 heteroatoms. The van der Waals surface area contributed by atoms with E-state index in [0.717, 1.165) is 45.1 Å². The Morgan fingerprint density at radius 1 is 1.10 bits per heavy atom. The predicted molar refractivity (Wildman–Crippen MR) is 94.6 cm³/mol. The van der Waals surface area contributed by atoms with E-state index in [1.807, 2.05) is 18.3 Å². The number of nitrogens with zero attached hydrogens (tertiary/aromatic N) is 2. The lowest BCUT2D eigenvalue weighted by molar-refractivity contribution is 0.442. The molecule has 3 N–H and O–H groups in total. The predicted octanol–water partition coefficient (Wildman–Crippen LogP) is 1.03. The molecule has 2 aliphatic rings. The third-order valence-electron chi connectivity index (χ3n) is 3.59. The Hall–Kier alpha value is -0.690. The second-order valence-corrected chi connectivity index (χ2v) is 5.55. The average Bonchev–Trinajstić information content (AvgIpc) is 2.50. The maximum Gasteiger partial charge on any atom is 0.128 e. The molecule has 3 heterocycles. The zero-order valence-corrected chi connectivity index (χ0v) is 14.7. The Kier molecular flexibility index (Phi) is 8.84. The zero-order valence-electron chi connectivity index (χ0n) is 13.0. The summed E-state index contributed by atoms with van der Waals surface area (Å²) in [7, 11) is 0. The van der Waals surface area contributed by atoms with Crippen LogP contribution in [0.4, 0.5) is 5.82 Å². The molecule has 5 nitrogen and oxygen atoms in total. The van der Waals surface area contributed by atoms with Crippen LogP contribution in [0.15, 0.2) is 24.4 Å². The minimum absolute atomic E-state index is 0. The topological polar surface area (TPSA) is 52.2 Å². The number of aromatic nitrogens is 1. The second kappa shape index (κ2) is 10.1. The fraction of sp³-hybridized carbons (Fsp3) is 0.667. The molecule has 2 saturated heterocycles. The lowest BCUT2D eigenvalue weighted by atomic mass is 10.2. The molecule has 0 radical (unpaired) electrons. The van der Waals surface area contributed by atoms with Crippen LogP contribution in [0.2, 0.25) is 0 Å². The van der Waals surface area contributed by atoms with Crippen molar-refractivity contribution in [2.75, 3.05) is 44.2 Å². The fourth-order valence-corrected chi connectivity index (χ4v) is 2.48. The van der Waals surface area contributed by atoms with Gasteiger partial charge >= 0.3 is 0 Å². The van der Waals surface area contributed by atoms with E-state index in [9.17, 15) is 0 Å². The number of rotatable bonds is 1. The largest absolute Gasteiger partial charge is 0.354 e. The van der Waals surface area contributed by atoms with Crippen LogP contribution in [0.1, 0.15) is 13.8 Å². The Morgan fingerprint density at radius 2 is 1.90 bits per heavy atom. The molecule has 120 valence electrons. The van der Waals surface area contributed by atoms with Crippen LogP contribution in [0.25, 0.3) is 0 Å². The zero-order chi connectivity index (χ0) is 14.2. The second-order valence-electron chi connectivity index (χ2n) is 5.55. The van der Waals surface area contributed by atoms with Crippen molar-refractivity contribution in [1.29, 1.82) is 0 Å². The van der Waals surface area contributed by atoms with Crippen LogP contribution in [0.5, 0.6) is 0 Å². The third-order valence-corrected chi connectivity index (χ3v) is 3.59. The first kappa shape index (κ1) is 18.4. The molecular weight excluding hydrogens is 330 g/mol. The summed E-state index contributed by atoms with van der Waals surface area (Å²) < 4.78 is 0. The van der Waals surface area contributed by atoms with Crippen molar-refractivity contribution in [3.63, 3.8) is 0 Å². The molecule has 3 rings (SSSR count). The van der Waals surface area contributed by atoms with E-state index < -0.39 is 0 Å². The Morgan fingerprint density at radius 3 is 2.43 bits per heavy atom. The van der Waals surface area contributed by atoms with Crippen LogP contribution in [0, 0.1) is 0 Å². The lowest BCUT2D eigenvalue weighted by Gasteiger charge is -2.32. The van der Waals surface area contributed by atoms with Gasteiger partial charge in [0.05, 0.1) is 0 Å². The summed E-state index contributed by atoms with van der Waals surface area (Å²) in [5.74, 6) is 1.09. The smallest absolute Gasteiger partial charge is 0.128 e. The van der Waals surface area contributed by atoms with Gasteiger partial charge in [0, 0.05) is 57.5 Å². The number of nitrogens with one attached hydrogen (secondary N) is 3. The first-order chi connectivity index (χ1) is 9.75. The number of hydrogen-bond donors (Lipinski definition) is 3. The van der Waals surface area contributed by atoms with Gasteiger partial charge < -0.3 is 20.9 Å². The minimum atomic E-state index is 0. The van der Waals surface area contributed by atoms with E-state index in [2.05, 4.69) is 45.7 Å². The van der Waals surface area contributed by atoms with Gasteiger partial charge in [0.15, 0.2) is 0 Å². The molecule has 0 aliphatic carbocycles. The van der Waals surface area contributed by atoms with Gasteiger partial charge in [-0.3, -0.25) is 0 Å². The maximum atomic E-state index is 4.34. The van der Waals surface area contributed by atoms with Gasteiger partial charge in [0.2, 0.25) is 0 Å². The molecule has 0 saturated carbocycles. The van der Waals surface area contributed by atoms with Crippen molar-refractivity contribution in [1.82, 2.24) is 20.9 Å². The van der Waals surface area contributed by atoms with Gasteiger partial charge in [-0.2, -0.15) is 0 Å². The summed E-state index contributed by atoms with van der Waals surface area (Å²) in [6.45, 7) is 10.9. The Bertz CT molecular complexity index is 370. The fourth-order valence-electron chi connectivity index (χ4n) is 2.48. The lowest BCUT2D eigenvalue weighted by Crippen LogP contribution is -2.49. The highest BCUT2D eigenvalue weighted by atomic mass is 79.9. The molecule has 0 spiro atoms. The van der Waals surface area contributed by atoms with Gasteiger partial charge in [-0.1, -0.05) is 6.07 Å². The summed E-state index contributed by atoms with van der Waals surface area (Å²) in [6.07, 6.45) is 1.85. The molecule has 2 unspecified atom stereocenters. The van der Waals surface area contributed by atoms with Crippen molar-refractivity contribution in [3.8, 4) is 0 Å². The average molecular weight is 358 g/mol. The summed E-state index contributed by atoms with van der Waals surface area (Å²) in [5, 5.41) is 10.0. The SMILES string of the molecule is Br.CC1CN(c2ccccn2)CCN1.CC1CNCCN1. The maximum absolute atomic E-state index is 4.34. The molecular formula is C15H28BrN5. The quantitative estimate of drug-likeness (QED) is 0.700. The molecule has 0 aromatic carbocycles. The first-order valence-electron chi connectivity index (χ1n) is 7.59. The molecule has 1 aromatic rings. The van der Waals surface area contributed by atoms with E-state index in [1.54, 1.807) is 0 Å². The van der Waals surface area contributed by atoms with Gasteiger partial charge in [0.25, 0.3) is 0 Å². The van der Waals surface area contributed by atoms with Crippen molar-refractivity contribution in [2.45, 2.75) is 25.9 Å². The van der Waals surface area contributed by atoms with Crippen molar-refractivity contribution < 1.29 is 0 Å². The monoisotopic (exact) mass is 357 g/mol. The van der Waals surface area contributed by atoms with Crippen LogP contribution in [0.3, 0.4) is 0 Å². The van der Waals surface area contributed by atoms with E-state index in [-0.39, 0.29) is 17.0 Å². The van der Waals surface area contributed by atoms with E-state index >= 15 is 0 Å². The van der Waals surface area contributed by atoms with E-state index in [0.29, 0.717) is 12.1 Å². The number of halogens is 1. The number of pyridine rings is 1. The summed E-state index contributed by atoms with van der Waals surface area (Å²) in [4.78, 5) is 6.66. The van der Waals surface area contributed by atoms with Gasteiger partial charge in [-0.15, -0.1) is 17.0 Å². The van der Waals surface area contributed by atoms with E-state index in [1.165, 1.54) is 0 Å². The van der Waals surface area contributed by atoms with E-state index in [4.69, 9.17) is 0 Å². The van der Waals surface area contributed by atoms with Crippen LogP contribution >= 0.6 is 17.0 Å². The number of anilines is 1. The van der Waals surface area contributed by atoms with Crippen LogP contribution < -0.4 is 20.9 Å². The van der Waals surface area contributed by atoms with Gasteiger partial charge in [-0.25, -0.2) is 4.98 Å².